The third-order valence-electron chi connectivity index (χ3n) is 3.18. The highest BCUT2D eigenvalue weighted by molar-refractivity contribution is 5.91. The topological polar surface area (TPSA) is 91.6 Å². The number of benzene rings is 1. The van der Waals surface area contributed by atoms with Crippen molar-refractivity contribution in [2.75, 3.05) is 19.5 Å². The summed E-state index contributed by atoms with van der Waals surface area (Å²) < 4.78 is 12.3. The van der Waals surface area contributed by atoms with Crippen molar-refractivity contribution < 1.29 is 14.3 Å². The van der Waals surface area contributed by atoms with Crippen LogP contribution in [0.25, 0.3) is 0 Å². The summed E-state index contributed by atoms with van der Waals surface area (Å²) in [7, 11) is 4.49. The van der Waals surface area contributed by atoms with Crippen LogP contribution in [0.3, 0.4) is 0 Å². The van der Waals surface area contributed by atoms with Crippen LogP contribution >= 0.6 is 0 Å². The number of aromatic nitrogens is 2. The molecule has 0 bridgehead atoms. The molecule has 0 unspecified atom stereocenters. The number of hydrogen-bond acceptors (Lipinski definition) is 5. The molecule has 0 atom stereocenters. The number of amides is 1. The van der Waals surface area contributed by atoms with E-state index < -0.39 is 17.2 Å². The van der Waals surface area contributed by atoms with Crippen LogP contribution in [0.5, 0.6) is 11.5 Å². The molecule has 0 aliphatic carbocycles. The van der Waals surface area contributed by atoms with Crippen molar-refractivity contribution in [2.24, 2.45) is 7.05 Å². The van der Waals surface area contributed by atoms with E-state index in [2.05, 4.69) is 5.32 Å². The molecule has 0 saturated carbocycles. The minimum Gasteiger partial charge on any atom is -0.497 e. The summed E-state index contributed by atoms with van der Waals surface area (Å²) in [5.74, 6) is 0.505. The highest BCUT2D eigenvalue weighted by Crippen LogP contribution is 2.25. The Kier molecular flexibility index (Phi) is 4.85. The molecule has 1 aromatic heterocycles. The van der Waals surface area contributed by atoms with E-state index in [4.69, 9.17) is 9.47 Å². The van der Waals surface area contributed by atoms with Crippen molar-refractivity contribution in [2.45, 2.75) is 6.54 Å². The Morgan fingerprint density at radius 2 is 1.74 bits per heavy atom. The number of methoxy groups -OCH3 is 2. The fourth-order valence-electron chi connectivity index (χ4n) is 1.98. The molecule has 0 saturated heterocycles. The second-order valence-corrected chi connectivity index (χ2v) is 4.78. The minimum atomic E-state index is -0.559. The lowest BCUT2D eigenvalue weighted by Crippen LogP contribution is -2.40. The molecule has 0 aliphatic heterocycles. The van der Waals surface area contributed by atoms with Crippen LogP contribution in [-0.4, -0.2) is 29.3 Å². The maximum atomic E-state index is 12.1. The van der Waals surface area contributed by atoms with E-state index in [0.717, 1.165) is 4.57 Å². The molecular weight excluding hydrogens is 302 g/mol. The molecule has 0 aliphatic rings. The van der Waals surface area contributed by atoms with Crippen molar-refractivity contribution >= 4 is 11.6 Å². The lowest BCUT2D eigenvalue weighted by Gasteiger charge is -2.10. The molecule has 8 heteroatoms. The van der Waals surface area contributed by atoms with Crippen LogP contribution in [0.2, 0.25) is 0 Å². The zero-order chi connectivity index (χ0) is 17.0. The van der Waals surface area contributed by atoms with Crippen LogP contribution in [0.1, 0.15) is 0 Å². The van der Waals surface area contributed by atoms with Gasteiger partial charge in [-0.1, -0.05) is 0 Å². The molecule has 0 radical (unpaired) electrons. The van der Waals surface area contributed by atoms with Crippen molar-refractivity contribution in [3.63, 3.8) is 0 Å². The summed E-state index contributed by atoms with van der Waals surface area (Å²) in [6, 6.07) is 6.09. The fraction of sp³-hybridized carbons (Fsp3) is 0.267. The average Bonchev–Trinajstić information content (AvgIpc) is 2.54. The lowest BCUT2D eigenvalue weighted by atomic mass is 10.2. The molecule has 0 fully saturated rings. The van der Waals surface area contributed by atoms with Crippen LogP contribution in [0.4, 0.5) is 5.69 Å². The van der Waals surface area contributed by atoms with Gasteiger partial charge in [0.2, 0.25) is 5.91 Å². The van der Waals surface area contributed by atoms with E-state index in [9.17, 15) is 14.4 Å². The van der Waals surface area contributed by atoms with Gasteiger partial charge in [0, 0.05) is 43.2 Å². The van der Waals surface area contributed by atoms with Gasteiger partial charge in [0.15, 0.2) is 0 Å². The quantitative estimate of drug-likeness (QED) is 0.850. The first-order valence-electron chi connectivity index (χ1n) is 6.74. The number of aryl methyl sites for hydroxylation is 1. The Balaban J connectivity index is 2.22. The first-order valence-corrected chi connectivity index (χ1v) is 6.74. The Hall–Kier alpha value is -3.03. The Morgan fingerprint density at radius 3 is 2.30 bits per heavy atom. The molecule has 1 aromatic carbocycles. The summed E-state index contributed by atoms with van der Waals surface area (Å²) >= 11 is 0. The van der Waals surface area contributed by atoms with Gasteiger partial charge < -0.3 is 19.4 Å². The van der Waals surface area contributed by atoms with Gasteiger partial charge in [-0.05, 0) is 0 Å². The number of nitrogens with zero attached hydrogens (tertiary/aromatic N) is 2. The normalized spacial score (nSPS) is 10.2. The third-order valence-corrected chi connectivity index (χ3v) is 3.18. The van der Waals surface area contributed by atoms with Gasteiger partial charge in [0.1, 0.15) is 18.0 Å². The Bertz CT molecular complexity index is 815. The van der Waals surface area contributed by atoms with Gasteiger partial charge in [-0.25, -0.2) is 4.79 Å². The molecule has 23 heavy (non-hydrogen) atoms. The fourth-order valence-corrected chi connectivity index (χ4v) is 1.98. The van der Waals surface area contributed by atoms with Crippen molar-refractivity contribution in [1.82, 2.24) is 9.13 Å². The first-order chi connectivity index (χ1) is 10.9. The van der Waals surface area contributed by atoms with E-state index in [0.29, 0.717) is 17.2 Å². The van der Waals surface area contributed by atoms with Gasteiger partial charge in [-0.15, -0.1) is 0 Å². The summed E-state index contributed by atoms with van der Waals surface area (Å²) in [6.45, 7) is -0.383. The number of ether oxygens (including phenoxy) is 2. The zero-order valence-corrected chi connectivity index (χ0v) is 13.0. The van der Waals surface area contributed by atoms with E-state index in [1.165, 1.54) is 38.1 Å². The zero-order valence-electron chi connectivity index (χ0n) is 13.0. The molecule has 2 aromatic rings. The van der Waals surface area contributed by atoms with Crippen LogP contribution < -0.4 is 26.0 Å². The smallest absolute Gasteiger partial charge is 0.331 e. The summed E-state index contributed by atoms with van der Waals surface area (Å²) in [6.07, 6.45) is 1.35. The van der Waals surface area contributed by atoms with Gasteiger partial charge >= 0.3 is 5.69 Å². The third kappa shape index (κ3) is 3.79. The predicted octanol–water partition coefficient (Wildman–Crippen LogP) is 0.203. The van der Waals surface area contributed by atoms with Crippen LogP contribution in [0, 0.1) is 0 Å². The van der Waals surface area contributed by atoms with Crippen molar-refractivity contribution in [3.05, 3.63) is 51.3 Å². The number of anilines is 1. The number of carbonyl (C=O) groups excluding carboxylic acids is 1. The molecule has 0 spiro atoms. The Morgan fingerprint density at radius 1 is 1.13 bits per heavy atom. The minimum absolute atomic E-state index is 0.383. The summed E-state index contributed by atoms with van der Waals surface area (Å²) in [4.78, 5) is 35.7. The second kappa shape index (κ2) is 6.82. The van der Waals surface area contributed by atoms with Gasteiger partial charge in [-0.2, -0.15) is 0 Å². The lowest BCUT2D eigenvalue weighted by molar-refractivity contribution is -0.116. The molecule has 1 N–H and O–H groups in total. The molecule has 2 rings (SSSR count). The monoisotopic (exact) mass is 319 g/mol. The highest BCUT2D eigenvalue weighted by Gasteiger charge is 2.10. The van der Waals surface area contributed by atoms with Crippen LogP contribution in [0.15, 0.2) is 40.1 Å². The van der Waals surface area contributed by atoms with E-state index >= 15 is 0 Å². The molecule has 1 heterocycles. The van der Waals surface area contributed by atoms with Gasteiger partial charge in [-0.3, -0.25) is 14.2 Å². The SMILES string of the molecule is COc1cc(NC(=O)Cn2c(=O)ccn(C)c2=O)cc(OC)c1. The Labute approximate surface area is 131 Å². The van der Waals surface area contributed by atoms with E-state index in [1.807, 2.05) is 0 Å². The maximum Gasteiger partial charge on any atom is 0.331 e. The predicted molar refractivity (Wildman–Crippen MR) is 84.1 cm³/mol. The highest BCUT2D eigenvalue weighted by atomic mass is 16.5. The first kappa shape index (κ1) is 16.3. The average molecular weight is 319 g/mol. The van der Waals surface area contributed by atoms with E-state index in [1.54, 1.807) is 18.2 Å². The molecular formula is C15H17N3O5. The maximum absolute atomic E-state index is 12.1. The standard InChI is InChI=1S/C15H17N3O5/c1-17-5-4-14(20)18(15(17)21)9-13(19)16-10-6-11(22-2)8-12(7-10)23-3/h4-8H,9H2,1-3H3,(H,16,19). The molecule has 8 nitrogen and oxygen atoms in total. The largest absolute Gasteiger partial charge is 0.497 e. The number of nitrogens with one attached hydrogen (secondary N) is 1. The molecule has 1 amide bonds. The van der Waals surface area contributed by atoms with Crippen molar-refractivity contribution in [3.8, 4) is 11.5 Å². The summed E-state index contributed by atoms with van der Waals surface area (Å²) in [5.41, 5.74) is -0.658. The van der Waals surface area contributed by atoms with Gasteiger partial charge in [0.25, 0.3) is 5.56 Å². The number of hydrogen-bond donors (Lipinski definition) is 1. The van der Waals surface area contributed by atoms with Crippen LogP contribution in [-0.2, 0) is 18.4 Å². The number of carbonyl (C=O) groups is 1. The summed E-state index contributed by atoms with van der Waals surface area (Å²) in [5, 5.41) is 2.61. The second-order valence-electron chi connectivity index (χ2n) is 4.78. The van der Waals surface area contributed by atoms with Crippen molar-refractivity contribution in [1.29, 1.82) is 0 Å². The van der Waals surface area contributed by atoms with Gasteiger partial charge in [0.05, 0.1) is 14.2 Å². The molecule has 122 valence electrons. The number of rotatable bonds is 5. The van der Waals surface area contributed by atoms with E-state index in [-0.39, 0.29) is 6.54 Å².